The summed E-state index contributed by atoms with van der Waals surface area (Å²) in [5.41, 5.74) is 29.4. The van der Waals surface area contributed by atoms with E-state index in [2.05, 4.69) is 380 Å². The second-order valence-electron chi connectivity index (χ2n) is 27.8. The molecule has 0 aromatic heterocycles. The third-order valence-electron chi connectivity index (χ3n) is 16.3. The zero-order valence-electron chi connectivity index (χ0n) is 63.4. The average Bonchev–Trinajstić information content (AvgIpc) is 1.53. The van der Waals surface area contributed by atoms with Crippen LogP contribution in [0.4, 0.5) is 0 Å². The molecule has 0 saturated carbocycles. The first-order chi connectivity index (χ1) is 43.4. The maximum Gasteiger partial charge on any atom is -0.0132 e. The van der Waals surface area contributed by atoms with Gasteiger partial charge < -0.3 is 0 Å². The Hall–Kier alpha value is -7.02. The molecule has 1 atom stereocenters. The van der Waals surface area contributed by atoms with E-state index < -0.39 is 0 Å². The van der Waals surface area contributed by atoms with E-state index in [1.807, 2.05) is 0 Å². The van der Waals surface area contributed by atoms with Crippen LogP contribution in [0.2, 0.25) is 0 Å². The minimum absolute atomic E-state index is 0.285. The van der Waals surface area contributed by atoms with Crippen LogP contribution in [0.25, 0.3) is 0 Å². The van der Waals surface area contributed by atoms with Crippen LogP contribution in [-0.4, -0.2) is 0 Å². The highest BCUT2D eigenvalue weighted by molar-refractivity contribution is 5.36. The maximum absolute atomic E-state index is 2.27. The minimum Gasteiger partial charge on any atom is -0.0654 e. The van der Waals surface area contributed by atoms with E-state index in [0.29, 0.717) is 11.8 Å². The molecule has 92 heavy (non-hydrogen) atoms. The van der Waals surface area contributed by atoms with Crippen molar-refractivity contribution < 1.29 is 0 Å². The van der Waals surface area contributed by atoms with Gasteiger partial charge in [0.2, 0.25) is 0 Å². The lowest BCUT2D eigenvalue weighted by molar-refractivity contribution is 0.590. The van der Waals surface area contributed by atoms with Crippen molar-refractivity contribution in [1.82, 2.24) is 0 Å². The zero-order chi connectivity index (χ0) is 69.3. The number of hydrogen-bond acceptors (Lipinski definition) is 0. The number of rotatable bonds is 11. The SMILES string of the molecule is CCC(C)c1ccc(C)cc1.CCCCc1ccc(C)cc1.CCCc1ccc(C)cc1.CCc1ccc(C)cc1.Cc1cc(C)c(C)c(C)c1.Cc1cc(C)cc(C)c1.Cc1ccc(C(C)(C)C)cc1.Cc1ccc(C(C)C)cc1.Cc1ccc(CC(C)C)cc1. The summed E-state index contributed by atoms with van der Waals surface area (Å²) in [6, 6.07) is 72.3. The summed E-state index contributed by atoms with van der Waals surface area (Å²) in [4.78, 5) is 0. The second kappa shape index (κ2) is 46.1. The van der Waals surface area contributed by atoms with Gasteiger partial charge in [-0.05, 0) is 214 Å². The van der Waals surface area contributed by atoms with Gasteiger partial charge in [-0.2, -0.15) is 0 Å². The van der Waals surface area contributed by atoms with Crippen LogP contribution in [0.3, 0.4) is 0 Å². The van der Waals surface area contributed by atoms with Crippen LogP contribution in [-0.2, 0) is 31.1 Å². The molecular formula is C92H130. The molecule has 498 valence electrons. The van der Waals surface area contributed by atoms with E-state index in [-0.39, 0.29) is 5.41 Å². The van der Waals surface area contributed by atoms with Crippen molar-refractivity contribution in [2.24, 2.45) is 5.92 Å². The molecule has 0 radical (unpaired) electrons. The van der Waals surface area contributed by atoms with E-state index in [9.17, 15) is 0 Å². The quantitative estimate of drug-likeness (QED) is 0.121. The fourth-order valence-electron chi connectivity index (χ4n) is 9.79. The van der Waals surface area contributed by atoms with Crippen LogP contribution in [0.1, 0.15) is 237 Å². The highest BCUT2D eigenvalue weighted by Gasteiger charge is 2.12. The van der Waals surface area contributed by atoms with E-state index in [4.69, 9.17) is 0 Å². The van der Waals surface area contributed by atoms with Gasteiger partial charge in [0.15, 0.2) is 0 Å². The summed E-state index contributed by atoms with van der Waals surface area (Å²) in [5, 5.41) is 0. The monoisotopic (exact) mass is 1240 g/mol. The van der Waals surface area contributed by atoms with Crippen molar-refractivity contribution in [3.63, 3.8) is 0 Å². The van der Waals surface area contributed by atoms with Crippen LogP contribution < -0.4 is 0 Å². The van der Waals surface area contributed by atoms with Crippen LogP contribution in [0.15, 0.2) is 200 Å². The molecule has 0 aliphatic rings. The molecule has 0 saturated heterocycles. The fraction of sp³-hybridized carbons (Fsp3) is 0.413. The molecule has 9 rings (SSSR count). The molecule has 0 amide bonds. The van der Waals surface area contributed by atoms with Gasteiger partial charge in [0.05, 0.1) is 0 Å². The first-order valence-corrected chi connectivity index (χ1v) is 34.9. The maximum atomic E-state index is 2.27. The summed E-state index contributed by atoms with van der Waals surface area (Å²) in [5.74, 6) is 2.12. The van der Waals surface area contributed by atoms with Crippen molar-refractivity contribution >= 4 is 0 Å². The Balaban J connectivity index is 0.000000518. The Labute approximate surface area is 568 Å². The number of unbranched alkanes of at least 4 members (excludes halogenated alkanes) is 1. The smallest absolute Gasteiger partial charge is 0.0132 e. The Bertz CT molecular complexity index is 3210. The molecule has 0 aliphatic heterocycles. The molecule has 0 nitrogen and oxygen atoms in total. The van der Waals surface area contributed by atoms with Gasteiger partial charge in [0, 0.05) is 0 Å². The zero-order valence-corrected chi connectivity index (χ0v) is 63.4. The van der Waals surface area contributed by atoms with Gasteiger partial charge in [0.1, 0.15) is 0 Å². The first kappa shape index (κ1) is 83.0. The van der Waals surface area contributed by atoms with Gasteiger partial charge in [-0.25, -0.2) is 0 Å². The van der Waals surface area contributed by atoms with E-state index >= 15 is 0 Å². The van der Waals surface area contributed by atoms with E-state index in [1.165, 1.54) is 162 Å². The standard InChI is InChI=1S/4C11H16.3C10H14.2C9H12/c1-9-5-7-10(8-6-9)11(2,3)4;1-9(2)8-11-6-4-10(3)5-7-11;1-4-10(3)11-7-5-9(2)6-8-11;1-3-4-5-11-8-6-10(2)7-9-11;1-7-5-8(2)10(4)9(3)6-7;1-8(2)10-6-4-9(3)5-7-10;1-3-4-10-7-5-9(2)6-8-10;1-7-4-8(2)6-9(3)5-7;1-3-9-6-4-8(2)5-7-9/h5-8H,1-4H3;4-7,9H,8H2,1-3H3;5-8,10H,4H2,1-3H3;6-9H,3-5H2,1-2H3;5-6H,1-4H3;4-8H,1-3H3;5-8H,3-4H2,1-2H3;4-6H,1-3H3;4-7H,3H2,1-2H3. The van der Waals surface area contributed by atoms with Crippen molar-refractivity contribution in [3.05, 3.63) is 317 Å². The highest BCUT2D eigenvalue weighted by Crippen LogP contribution is 2.22. The third-order valence-corrected chi connectivity index (χ3v) is 16.3. The summed E-state index contributed by atoms with van der Waals surface area (Å²) in [7, 11) is 0. The number of aryl methyl sites for hydroxylation is 16. The molecule has 0 bridgehead atoms. The van der Waals surface area contributed by atoms with Crippen LogP contribution >= 0.6 is 0 Å². The van der Waals surface area contributed by atoms with E-state index in [0.717, 1.165) is 12.3 Å². The molecule has 0 heterocycles. The molecule has 9 aromatic rings. The Morgan fingerprint density at radius 2 is 0.609 bits per heavy atom. The van der Waals surface area contributed by atoms with Gasteiger partial charge in [0.25, 0.3) is 0 Å². The third kappa shape index (κ3) is 38.7. The average molecular weight is 1240 g/mol. The van der Waals surface area contributed by atoms with Crippen LogP contribution in [0, 0.1) is 103 Å². The second-order valence-corrected chi connectivity index (χ2v) is 27.8. The minimum atomic E-state index is 0.285. The molecular weight excluding hydrogens is 1110 g/mol. The molecule has 9 aromatic carbocycles. The van der Waals surface area contributed by atoms with Crippen molar-refractivity contribution in [2.45, 2.75) is 249 Å². The normalized spacial score (nSPS) is 10.6. The van der Waals surface area contributed by atoms with Gasteiger partial charge >= 0.3 is 0 Å². The summed E-state index contributed by atoms with van der Waals surface area (Å²) in [6.45, 7) is 56.6. The number of benzene rings is 9. The van der Waals surface area contributed by atoms with Crippen molar-refractivity contribution in [3.8, 4) is 0 Å². The lowest BCUT2D eigenvalue weighted by atomic mass is 9.87. The molecule has 0 aliphatic carbocycles. The van der Waals surface area contributed by atoms with Crippen molar-refractivity contribution in [2.75, 3.05) is 0 Å². The van der Waals surface area contributed by atoms with Crippen LogP contribution in [0.5, 0.6) is 0 Å². The van der Waals surface area contributed by atoms with Gasteiger partial charge in [-0.1, -0.05) is 357 Å². The lowest BCUT2D eigenvalue weighted by Crippen LogP contribution is -2.10. The number of hydrogen-bond donors (Lipinski definition) is 0. The highest BCUT2D eigenvalue weighted by atomic mass is 14.2. The Kier molecular flexibility index (Phi) is 41.6. The van der Waals surface area contributed by atoms with Crippen molar-refractivity contribution in [1.29, 1.82) is 0 Å². The summed E-state index contributed by atoms with van der Waals surface area (Å²) < 4.78 is 0. The topological polar surface area (TPSA) is 0 Å². The predicted molar refractivity (Wildman–Crippen MR) is 416 cm³/mol. The van der Waals surface area contributed by atoms with E-state index in [1.54, 1.807) is 0 Å². The summed E-state index contributed by atoms with van der Waals surface area (Å²) >= 11 is 0. The molecule has 0 fully saturated rings. The molecule has 0 N–H and O–H groups in total. The summed E-state index contributed by atoms with van der Waals surface area (Å²) in [6.07, 6.45) is 9.83. The molecule has 0 spiro atoms. The largest absolute Gasteiger partial charge is 0.0654 e. The Morgan fingerprint density at radius 3 is 0.913 bits per heavy atom. The molecule has 0 heteroatoms. The van der Waals surface area contributed by atoms with Gasteiger partial charge in [-0.3, -0.25) is 0 Å². The fourth-order valence-corrected chi connectivity index (χ4v) is 9.79. The predicted octanol–water partition coefficient (Wildman–Crippen LogP) is 27.5. The Morgan fingerprint density at radius 1 is 0.304 bits per heavy atom. The lowest BCUT2D eigenvalue weighted by Gasteiger charge is -2.18. The van der Waals surface area contributed by atoms with Gasteiger partial charge in [-0.15, -0.1) is 0 Å². The molecule has 1 unspecified atom stereocenters. The first-order valence-electron chi connectivity index (χ1n) is 34.9.